The predicted molar refractivity (Wildman–Crippen MR) is 68.1 cm³/mol. The first kappa shape index (κ1) is 12.4. The van der Waals surface area contributed by atoms with Gasteiger partial charge in [-0.25, -0.2) is 4.39 Å². The summed E-state index contributed by atoms with van der Waals surface area (Å²) in [5.74, 6) is -0.689. The molecule has 0 bridgehead atoms. The molecule has 0 saturated heterocycles. The van der Waals surface area contributed by atoms with Gasteiger partial charge in [-0.3, -0.25) is 9.78 Å². The molecule has 0 N–H and O–H groups in total. The summed E-state index contributed by atoms with van der Waals surface area (Å²) in [4.78, 5) is 15.8. The first-order valence-electron chi connectivity index (χ1n) is 5.95. The zero-order chi connectivity index (χ0) is 13.0. The fraction of sp³-hybridized carbons (Fsp3) is 0.200. The van der Waals surface area contributed by atoms with Gasteiger partial charge in [-0.05, 0) is 24.1 Å². The molecule has 0 fully saturated rings. The van der Waals surface area contributed by atoms with Crippen LogP contribution in [0.2, 0.25) is 0 Å². The second-order valence-electron chi connectivity index (χ2n) is 4.17. The third-order valence-electron chi connectivity index (χ3n) is 2.69. The molecule has 3 heteroatoms. The van der Waals surface area contributed by atoms with Crippen molar-refractivity contribution in [3.05, 3.63) is 65.2 Å². The summed E-state index contributed by atoms with van der Waals surface area (Å²) in [5.41, 5.74) is 1.98. The van der Waals surface area contributed by atoms with Crippen molar-refractivity contribution >= 4 is 5.78 Å². The van der Waals surface area contributed by atoms with Crippen LogP contribution in [0.4, 0.5) is 4.39 Å². The van der Waals surface area contributed by atoms with E-state index in [-0.39, 0.29) is 11.3 Å². The molecule has 1 heterocycles. The summed E-state index contributed by atoms with van der Waals surface area (Å²) < 4.78 is 13.0. The number of benzene rings is 1. The van der Waals surface area contributed by atoms with Gasteiger partial charge in [0.25, 0.3) is 0 Å². The first-order valence-corrected chi connectivity index (χ1v) is 5.95. The van der Waals surface area contributed by atoms with E-state index in [0.29, 0.717) is 5.56 Å². The van der Waals surface area contributed by atoms with Crippen LogP contribution in [0.25, 0.3) is 0 Å². The zero-order valence-corrected chi connectivity index (χ0v) is 10.2. The van der Waals surface area contributed by atoms with Gasteiger partial charge in [-0.1, -0.05) is 31.5 Å². The summed E-state index contributed by atoms with van der Waals surface area (Å²) in [7, 11) is 0. The molecule has 18 heavy (non-hydrogen) atoms. The maximum Gasteiger partial charge on any atom is 0.194 e. The van der Waals surface area contributed by atoms with Crippen molar-refractivity contribution in [2.24, 2.45) is 0 Å². The molecular formula is C15H14FNO. The molecule has 0 unspecified atom stereocenters. The Labute approximate surface area is 105 Å². The molecule has 0 amide bonds. The van der Waals surface area contributed by atoms with E-state index in [1.807, 2.05) is 18.2 Å². The van der Waals surface area contributed by atoms with Gasteiger partial charge in [0.2, 0.25) is 0 Å². The van der Waals surface area contributed by atoms with E-state index in [4.69, 9.17) is 0 Å². The van der Waals surface area contributed by atoms with Crippen LogP contribution in [0.5, 0.6) is 0 Å². The topological polar surface area (TPSA) is 30.0 Å². The van der Waals surface area contributed by atoms with Crippen LogP contribution in [0.15, 0.2) is 42.7 Å². The summed E-state index contributed by atoms with van der Waals surface area (Å²) >= 11 is 0. The Morgan fingerprint density at radius 2 is 2.06 bits per heavy atom. The second-order valence-corrected chi connectivity index (χ2v) is 4.17. The fourth-order valence-electron chi connectivity index (χ4n) is 1.86. The molecular weight excluding hydrogens is 229 g/mol. The molecule has 92 valence electrons. The minimum atomic E-state index is -0.495. The SMILES string of the molecule is CCCc1cccc(C(=O)c2cncc(F)c2)c1. The molecule has 0 saturated carbocycles. The smallest absolute Gasteiger partial charge is 0.194 e. The molecule has 0 aliphatic heterocycles. The Morgan fingerprint density at radius 1 is 1.22 bits per heavy atom. The number of pyridine rings is 1. The summed E-state index contributed by atoms with van der Waals surface area (Å²) in [6.45, 7) is 2.09. The van der Waals surface area contributed by atoms with Crippen molar-refractivity contribution in [1.29, 1.82) is 0 Å². The van der Waals surface area contributed by atoms with Gasteiger partial charge < -0.3 is 0 Å². The quantitative estimate of drug-likeness (QED) is 0.770. The number of hydrogen-bond acceptors (Lipinski definition) is 2. The third kappa shape index (κ3) is 2.80. The van der Waals surface area contributed by atoms with Gasteiger partial charge in [-0.15, -0.1) is 0 Å². The fourth-order valence-corrected chi connectivity index (χ4v) is 1.86. The van der Waals surface area contributed by atoms with Crippen LogP contribution in [0, 0.1) is 5.82 Å². The Bertz CT molecular complexity index is 566. The number of hydrogen-bond donors (Lipinski definition) is 0. The average molecular weight is 243 g/mol. The van der Waals surface area contributed by atoms with Crippen molar-refractivity contribution in [3.8, 4) is 0 Å². The minimum Gasteiger partial charge on any atom is -0.289 e. The van der Waals surface area contributed by atoms with Crippen molar-refractivity contribution in [1.82, 2.24) is 4.98 Å². The normalized spacial score (nSPS) is 10.3. The summed E-state index contributed by atoms with van der Waals surface area (Å²) in [6.07, 6.45) is 4.43. The lowest BCUT2D eigenvalue weighted by atomic mass is 10.0. The maximum absolute atomic E-state index is 13.0. The van der Waals surface area contributed by atoms with Crippen LogP contribution in [0.3, 0.4) is 0 Å². The van der Waals surface area contributed by atoms with E-state index < -0.39 is 5.82 Å². The van der Waals surface area contributed by atoms with E-state index in [1.165, 1.54) is 12.3 Å². The minimum absolute atomic E-state index is 0.194. The Hall–Kier alpha value is -2.03. The van der Waals surface area contributed by atoms with Crippen molar-refractivity contribution in [3.63, 3.8) is 0 Å². The highest BCUT2D eigenvalue weighted by atomic mass is 19.1. The summed E-state index contributed by atoms with van der Waals surface area (Å²) in [5, 5.41) is 0. The lowest BCUT2D eigenvalue weighted by molar-refractivity contribution is 0.103. The van der Waals surface area contributed by atoms with Gasteiger partial charge in [0.05, 0.1) is 6.20 Å². The molecule has 1 aromatic heterocycles. The number of carbonyl (C=O) groups is 1. The highest BCUT2D eigenvalue weighted by Crippen LogP contribution is 2.13. The lowest BCUT2D eigenvalue weighted by Gasteiger charge is -2.04. The van der Waals surface area contributed by atoms with Crippen molar-refractivity contribution in [2.45, 2.75) is 19.8 Å². The van der Waals surface area contributed by atoms with Gasteiger partial charge >= 0.3 is 0 Å². The van der Waals surface area contributed by atoms with Gasteiger partial charge in [-0.2, -0.15) is 0 Å². The monoisotopic (exact) mass is 243 g/mol. The Morgan fingerprint density at radius 3 is 2.78 bits per heavy atom. The molecule has 2 rings (SSSR count). The maximum atomic E-state index is 13.0. The number of carbonyl (C=O) groups excluding carboxylic acids is 1. The lowest BCUT2D eigenvalue weighted by Crippen LogP contribution is -2.03. The van der Waals surface area contributed by atoms with Crippen LogP contribution in [-0.2, 0) is 6.42 Å². The number of aryl methyl sites for hydroxylation is 1. The van der Waals surface area contributed by atoms with Crippen molar-refractivity contribution in [2.75, 3.05) is 0 Å². The molecule has 0 aliphatic carbocycles. The average Bonchev–Trinajstić information content (AvgIpc) is 2.39. The first-order chi connectivity index (χ1) is 8.70. The molecule has 2 nitrogen and oxygen atoms in total. The number of nitrogens with zero attached hydrogens (tertiary/aromatic N) is 1. The molecule has 0 radical (unpaired) electrons. The molecule has 0 spiro atoms. The molecule has 2 aromatic rings. The Kier molecular flexibility index (Phi) is 3.82. The third-order valence-corrected chi connectivity index (χ3v) is 2.69. The van der Waals surface area contributed by atoms with Crippen LogP contribution in [0.1, 0.15) is 34.8 Å². The largest absolute Gasteiger partial charge is 0.289 e. The van der Waals surface area contributed by atoms with Gasteiger partial charge in [0.1, 0.15) is 5.82 Å². The van der Waals surface area contributed by atoms with E-state index in [1.54, 1.807) is 6.07 Å². The number of ketones is 1. The van der Waals surface area contributed by atoms with E-state index in [0.717, 1.165) is 24.6 Å². The van der Waals surface area contributed by atoms with Crippen LogP contribution >= 0.6 is 0 Å². The standard InChI is InChI=1S/C15H14FNO/c1-2-4-11-5-3-6-12(7-11)15(18)13-8-14(16)10-17-9-13/h3,5-10H,2,4H2,1H3. The van der Waals surface area contributed by atoms with Gasteiger partial charge in [0, 0.05) is 17.3 Å². The second kappa shape index (κ2) is 5.54. The number of rotatable bonds is 4. The Balaban J connectivity index is 2.31. The predicted octanol–water partition coefficient (Wildman–Crippen LogP) is 3.40. The van der Waals surface area contributed by atoms with Crippen LogP contribution in [-0.4, -0.2) is 10.8 Å². The van der Waals surface area contributed by atoms with E-state index in [2.05, 4.69) is 11.9 Å². The highest BCUT2D eigenvalue weighted by molar-refractivity contribution is 6.08. The highest BCUT2D eigenvalue weighted by Gasteiger charge is 2.10. The van der Waals surface area contributed by atoms with E-state index >= 15 is 0 Å². The molecule has 0 atom stereocenters. The van der Waals surface area contributed by atoms with Crippen molar-refractivity contribution < 1.29 is 9.18 Å². The summed E-state index contributed by atoms with van der Waals surface area (Å²) in [6, 6.07) is 8.65. The van der Waals surface area contributed by atoms with E-state index in [9.17, 15) is 9.18 Å². The molecule has 1 aromatic carbocycles. The molecule has 0 aliphatic rings. The number of aromatic nitrogens is 1. The van der Waals surface area contributed by atoms with Gasteiger partial charge in [0.15, 0.2) is 5.78 Å². The number of halogens is 1. The zero-order valence-electron chi connectivity index (χ0n) is 10.2. The van der Waals surface area contributed by atoms with Crippen LogP contribution < -0.4 is 0 Å².